The van der Waals surface area contributed by atoms with Crippen LogP contribution in [0.5, 0.6) is 5.88 Å². The van der Waals surface area contributed by atoms with Crippen molar-refractivity contribution in [3.05, 3.63) is 52.9 Å². The topological polar surface area (TPSA) is 147 Å². The van der Waals surface area contributed by atoms with Crippen LogP contribution in [0.15, 0.2) is 40.4 Å². The maximum absolute atomic E-state index is 14.0. The Balaban J connectivity index is 1.18. The molecule has 1 unspecified atom stereocenters. The summed E-state index contributed by atoms with van der Waals surface area (Å²) in [4.78, 5) is 48.2. The first-order valence-corrected chi connectivity index (χ1v) is 16.9. The van der Waals surface area contributed by atoms with E-state index in [0.29, 0.717) is 25.5 Å². The molecule has 0 aliphatic carbocycles. The zero-order valence-electron chi connectivity index (χ0n) is 28.1. The average molecular weight is 668 g/mol. The molecule has 4 heterocycles. The number of thiazole rings is 1. The van der Waals surface area contributed by atoms with E-state index in [2.05, 4.69) is 15.5 Å². The highest BCUT2D eigenvalue weighted by Gasteiger charge is 2.43. The quantitative estimate of drug-likeness (QED) is 0.307. The summed E-state index contributed by atoms with van der Waals surface area (Å²) in [5.41, 5.74) is 4.24. The number of benzene rings is 1. The number of nitrogens with zero attached hydrogens (tertiary/aromatic N) is 4. The summed E-state index contributed by atoms with van der Waals surface area (Å²) < 4.78 is 16.8. The molecule has 0 radical (unpaired) electrons. The monoisotopic (exact) mass is 667 g/mol. The van der Waals surface area contributed by atoms with Crippen LogP contribution in [0.3, 0.4) is 0 Å². The van der Waals surface area contributed by atoms with Crippen LogP contribution in [0.1, 0.15) is 76.9 Å². The predicted molar refractivity (Wildman–Crippen MR) is 176 cm³/mol. The molecule has 254 valence electrons. The Bertz CT molecular complexity index is 1560. The number of amides is 3. The predicted octanol–water partition coefficient (Wildman–Crippen LogP) is 4.93. The Morgan fingerprint density at radius 2 is 1.83 bits per heavy atom. The molecular formula is C34H45N5O7S. The molecule has 2 aliphatic heterocycles. The number of aliphatic hydroxyl groups is 1. The number of ether oxygens (including phenoxy) is 2. The highest BCUT2D eigenvalue weighted by Crippen LogP contribution is 2.33. The molecule has 47 heavy (non-hydrogen) atoms. The summed E-state index contributed by atoms with van der Waals surface area (Å²) in [6.45, 7) is 14.6. The van der Waals surface area contributed by atoms with E-state index >= 15 is 0 Å². The van der Waals surface area contributed by atoms with Crippen LogP contribution in [0.2, 0.25) is 0 Å². The van der Waals surface area contributed by atoms with Gasteiger partial charge in [-0.15, -0.1) is 11.3 Å². The standard InChI is InChI=1S/C34H45N5O7S/c1-19(2)29(27-13-28(37-46-27)44-17-22-14-38(15-22)33(43)45-34(5,6)7)32(42)39-16-25(40)12-26(39)31(41)36-20(3)23-8-10-24(11-9-23)30-21(4)35-18-47-30/h8-11,13,18-20,22,25-26,29,40H,12,14-17H2,1-7H3,(H,36,41)/t20-,25+,26-,29?/m0/s1. The van der Waals surface area contributed by atoms with Crippen LogP contribution in [-0.4, -0.2) is 86.9 Å². The fourth-order valence-electron chi connectivity index (χ4n) is 5.96. The molecule has 0 spiro atoms. The average Bonchev–Trinajstić information content (AvgIpc) is 3.71. The first kappa shape index (κ1) is 34.4. The van der Waals surface area contributed by atoms with E-state index < -0.39 is 23.7 Å². The Labute approximate surface area is 279 Å². The van der Waals surface area contributed by atoms with Crippen molar-refractivity contribution in [1.82, 2.24) is 25.3 Å². The summed E-state index contributed by atoms with van der Waals surface area (Å²) >= 11 is 1.58. The molecule has 2 saturated heterocycles. The number of carbonyl (C=O) groups excluding carboxylic acids is 3. The number of β-amino-alcohol motifs (C(OH)–C–C–N with tert-alkyl or cyclic N) is 1. The maximum atomic E-state index is 14.0. The molecule has 5 rings (SSSR count). The largest absolute Gasteiger partial charge is 0.475 e. The number of aromatic nitrogens is 2. The van der Waals surface area contributed by atoms with Crippen molar-refractivity contribution in [2.75, 3.05) is 26.2 Å². The van der Waals surface area contributed by atoms with Gasteiger partial charge in [0.2, 0.25) is 11.8 Å². The number of likely N-dealkylation sites (tertiary alicyclic amines) is 2. The van der Waals surface area contributed by atoms with E-state index in [1.165, 1.54) is 4.90 Å². The normalized spacial score (nSPS) is 19.8. The summed E-state index contributed by atoms with van der Waals surface area (Å²) in [5.74, 6) is -0.855. The van der Waals surface area contributed by atoms with Crippen molar-refractivity contribution in [2.45, 2.75) is 84.6 Å². The minimum absolute atomic E-state index is 0.0464. The smallest absolute Gasteiger partial charge is 0.410 e. The lowest BCUT2D eigenvalue weighted by atomic mass is 9.91. The highest BCUT2D eigenvalue weighted by molar-refractivity contribution is 7.13. The molecule has 12 nitrogen and oxygen atoms in total. The van der Waals surface area contributed by atoms with Crippen LogP contribution < -0.4 is 10.1 Å². The second-order valence-electron chi connectivity index (χ2n) is 13.9. The Morgan fingerprint density at radius 1 is 1.13 bits per heavy atom. The number of hydrogen-bond acceptors (Lipinski definition) is 10. The van der Waals surface area contributed by atoms with Crippen molar-refractivity contribution in [1.29, 1.82) is 0 Å². The van der Waals surface area contributed by atoms with Crippen molar-refractivity contribution in [3.8, 4) is 16.3 Å². The van der Waals surface area contributed by atoms with E-state index in [9.17, 15) is 19.5 Å². The second kappa shape index (κ2) is 14.0. The molecule has 13 heteroatoms. The summed E-state index contributed by atoms with van der Waals surface area (Å²) in [7, 11) is 0. The van der Waals surface area contributed by atoms with Crippen molar-refractivity contribution >= 4 is 29.2 Å². The van der Waals surface area contributed by atoms with Crippen molar-refractivity contribution < 1.29 is 33.5 Å². The first-order valence-electron chi connectivity index (χ1n) is 16.1. The number of aliphatic hydroxyl groups excluding tert-OH is 1. The molecule has 2 aliphatic rings. The Morgan fingerprint density at radius 3 is 2.45 bits per heavy atom. The van der Waals surface area contributed by atoms with Gasteiger partial charge in [-0.05, 0) is 56.8 Å². The van der Waals surface area contributed by atoms with E-state index in [-0.39, 0.29) is 54.6 Å². The van der Waals surface area contributed by atoms with Gasteiger partial charge < -0.3 is 34.2 Å². The molecular weight excluding hydrogens is 622 g/mol. The summed E-state index contributed by atoms with van der Waals surface area (Å²) in [5, 5.41) is 17.6. The van der Waals surface area contributed by atoms with E-state index in [0.717, 1.165) is 21.7 Å². The van der Waals surface area contributed by atoms with E-state index in [1.807, 2.05) is 78.2 Å². The number of rotatable bonds is 10. The minimum atomic E-state index is -0.828. The third kappa shape index (κ3) is 8.13. The molecule has 4 atom stereocenters. The summed E-state index contributed by atoms with van der Waals surface area (Å²) in [6.07, 6.45) is -1.03. The molecule has 0 saturated carbocycles. The lowest BCUT2D eigenvalue weighted by Gasteiger charge is -2.39. The van der Waals surface area contributed by atoms with Crippen LogP contribution in [-0.2, 0) is 14.3 Å². The van der Waals surface area contributed by atoms with Gasteiger partial charge >= 0.3 is 6.09 Å². The van der Waals surface area contributed by atoms with Gasteiger partial charge in [0.1, 0.15) is 17.6 Å². The van der Waals surface area contributed by atoms with E-state index in [4.69, 9.17) is 14.0 Å². The van der Waals surface area contributed by atoms with Gasteiger partial charge in [-0.3, -0.25) is 9.59 Å². The van der Waals surface area contributed by atoms with Crippen molar-refractivity contribution in [3.63, 3.8) is 0 Å². The molecule has 2 fully saturated rings. The number of hydrogen-bond donors (Lipinski definition) is 2. The molecule has 3 amide bonds. The minimum Gasteiger partial charge on any atom is -0.475 e. The maximum Gasteiger partial charge on any atom is 0.410 e. The third-order valence-corrected chi connectivity index (χ3v) is 9.44. The number of aryl methyl sites for hydroxylation is 1. The SMILES string of the molecule is Cc1ncsc1-c1ccc([C@H](C)NC(=O)[C@@H]2C[C@@H](O)CN2C(=O)C(c2cc(OCC3CN(C(=O)OC(C)(C)C)C3)no2)C(C)C)cc1. The Kier molecular flexibility index (Phi) is 10.3. The third-order valence-electron chi connectivity index (χ3n) is 8.46. The summed E-state index contributed by atoms with van der Waals surface area (Å²) in [6, 6.07) is 8.45. The zero-order valence-corrected chi connectivity index (χ0v) is 28.9. The van der Waals surface area contributed by atoms with Crippen LogP contribution in [0.4, 0.5) is 4.79 Å². The molecule has 1 aromatic carbocycles. The Hall–Kier alpha value is -3.97. The molecule has 3 aromatic rings. The lowest BCUT2D eigenvalue weighted by Crippen LogP contribution is -2.53. The zero-order chi connectivity index (χ0) is 34.0. The van der Waals surface area contributed by atoms with Gasteiger partial charge in [0.25, 0.3) is 5.88 Å². The number of carbonyl (C=O) groups is 3. The molecule has 0 bridgehead atoms. The number of nitrogens with one attached hydrogen (secondary N) is 1. The first-order chi connectivity index (χ1) is 22.2. The van der Waals surface area contributed by atoms with Gasteiger partial charge in [-0.25, -0.2) is 9.78 Å². The van der Waals surface area contributed by atoms with Gasteiger partial charge in [-0.2, -0.15) is 0 Å². The fourth-order valence-corrected chi connectivity index (χ4v) is 6.77. The van der Waals surface area contributed by atoms with Crippen LogP contribution in [0, 0.1) is 18.8 Å². The van der Waals surface area contributed by atoms with Crippen molar-refractivity contribution in [2.24, 2.45) is 11.8 Å². The van der Waals surface area contributed by atoms with Gasteiger partial charge in [-0.1, -0.05) is 38.1 Å². The van der Waals surface area contributed by atoms with Gasteiger partial charge in [0.15, 0.2) is 5.76 Å². The second-order valence-corrected chi connectivity index (χ2v) is 14.7. The highest BCUT2D eigenvalue weighted by atomic mass is 32.1. The van der Waals surface area contributed by atoms with Gasteiger partial charge in [0, 0.05) is 38.0 Å². The lowest BCUT2D eigenvalue weighted by molar-refractivity contribution is -0.141. The molecule has 2 N–H and O–H groups in total. The van der Waals surface area contributed by atoms with Crippen LogP contribution in [0.25, 0.3) is 10.4 Å². The van der Waals surface area contributed by atoms with Gasteiger partial charge in [0.05, 0.1) is 34.8 Å². The van der Waals surface area contributed by atoms with Crippen LogP contribution >= 0.6 is 11.3 Å². The fraction of sp³-hybridized carbons (Fsp3) is 0.559. The van der Waals surface area contributed by atoms with E-state index in [1.54, 1.807) is 22.3 Å². The molecule has 2 aromatic heterocycles.